The molecule has 0 bridgehead atoms. The molecule has 5 rings (SSSR count). The van der Waals surface area contributed by atoms with Gasteiger partial charge in [-0.1, -0.05) is 107 Å². The second-order valence-electron chi connectivity index (χ2n) is 23.0. The molecule has 0 aromatic heterocycles. The molecule has 18 nitrogen and oxygen atoms in total. The minimum atomic E-state index is -1.17. The molecular formula is C56H85N7O11S. The molecule has 3 aliphatic rings. The van der Waals surface area contributed by atoms with Gasteiger partial charge in [-0.3, -0.25) is 23.4 Å². The van der Waals surface area contributed by atoms with Crippen molar-refractivity contribution in [2.45, 2.75) is 162 Å². The first-order chi connectivity index (χ1) is 35.4. The van der Waals surface area contributed by atoms with Crippen LogP contribution in [0.3, 0.4) is 0 Å². The Morgan fingerprint density at radius 2 is 1.47 bits per heavy atom. The third-order valence-corrected chi connectivity index (χ3v) is 15.7. The van der Waals surface area contributed by atoms with E-state index in [9.17, 15) is 38.2 Å². The number of hydroxylamine groups is 2. The molecule has 0 saturated carbocycles. The second-order valence-corrected chi connectivity index (χ2v) is 24.5. The molecule has 0 spiro atoms. The molecule has 3 saturated heterocycles. The van der Waals surface area contributed by atoms with E-state index >= 15 is 0 Å². The number of hydrogen-bond donors (Lipinski definition) is 6. The Morgan fingerprint density at radius 3 is 2.07 bits per heavy atom. The van der Waals surface area contributed by atoms with Crippen molar-refractivity contribution in [1.29, 1.82) is 0 Å². The van der Waals surface area contributed by atoms with Crippen molar-refractivity contribution in [3.63, 3.8) is 0 Å². The van der Waals surface area contributed by atoms with E-state index in [1.54, 1.807) is 24.8 Å². The van der Waals surface area contributed by atoms with E-state index in [0.717, 1.165) is 11.1 Å². The molecule has 1 unspecified atom stereocenters. The van der Waals surface area contributed by atoms with Crippen LogP contribution in [-0.2, 0) is 57.2 Å². The van der Waals surface area contributed by atoms with E-state index in [1.165, 1.54) is 5.06 Å². The second kappa shape index (κ2) is 28.1. The summed E-state index contributed by atoms with van der Waals surface area (Å²) >= 11 is 0. The van der Waals surface area contributed by atoms with E-state index in [1.807, 2.05) is 115 Å². The van der Waals surface area contributed by atoms with Crippen LogP contribution in [0.15, 0.2) is 72.8 Å². The minimum absolute atomic E-state index is 0.00756. The largest absolute Gasteiger partial charge is 0.449 e. The van der Waals surface area contributed by atoms with Crippen LogP contribution in [0.1, 0.15) is 118 Å². The van der Waals surface area contributed by atoms with Crippen molar-refractivity contribution in [3.05, 3.63) is 83.9 Å². The number of nitrogens with zero attached hydrogens (tertiary/aromatic N) is 2. The van der Waals surface area contributed by atoms with Crippen molar-refractivity contribution in [2.24, 2.45) is 23.2 Å². The quantitative estimate of drug-likeness (QED) is 0.0458. The molecule has 0 radical (unpaired) electrons. The van der Waals surface area contributed by atoms with Crippen molar-refractivity contribution < 1.29 is 52.4 Å². The summed E-state index contributed by atoms with van der Waals surface area (Å²) in [4.78, 5) is 84.8. The summed E-state index contributed by atoms with van der Waals surface area (Å²) in [5, 5.41) is 26.9. The number of carbonyl (C=O) groups excluding carboxylic acids is 6. The van der Waals surface area contributed by atoms with Crippen LogP contribution in [0, 0.1) is 23.2 Å². The van der Waals surface area contributed by atoms with Crippen molar-refractivity contribution in [2.75, 3.05) is 44.4 Å². The molecule has 75 heavy (non-hydrogen) atoms. The van der Waals surface area contributed by atoms with E-state index in [4.69, 9.17) is 14.2 Å². The number of hydrogen-bond acceptors (Lipinski definition) is 12. The van der Waals surface area contributed by atoms with Gasteiger partial charge in [0.2, 0.25) is 23.6 Å². The van der Waals surface area contributed by atoms with Gasteiger partial charge in [-0.25, -0.2) is 9.59 Å². The first-order valence-electron chi connectivity index (χ1n) is 26.7. The van der Waals surface area contributed by atoms with Gasteiger partial charge in [0.15, 0.2) is 0 Å². The lowest BCUT2D eigenvalue weighted by molar-refractivity contribution is -0.246. The fourth-order valence-corrected chi connectivity index (χ4v) is 11.6. The monoisotopic (exact) mass is 1060 g/mol. The Bertz CT molecular complexity index is 2240. The van der Waals surface area contributed by atoms with E-state index < -0.39 is 87.8 Å². The number of piperidine rings is 1. The number of benzene rings is 2. The van der Waals surface area contributed by atoms with E-state index in [0.29, 0.717) is 70.5 Å². The smallest absolute Gasteiger partial charge is 0.407 e. The van der Waals surface area contributed by atoms with Crippen LogP contribution < -0.4 is 26.6 Å². The van der Waals surface area contributed by atoms with Gasteiger partial charge >= 0.3 is 12.2 Å². The number of ether oxygens (including phenoxy) is 3. The zero-order chi connectivity index (χ0) is 54.9. The maximum atomic E-state index is 14.7. The fraction of sp³-hybridized carbons (Fsp3) is 0.643. The van der Waals surface area contributed by atoms with Crippen molar-refractivity contribution >= 4 is 46.6 Å². The Balaban J connectivity index is 1.26. The lowest BCUT2D eigenvalue weighted by Crippen LogP contribution is -2.64. The normalized spacial score (nSPS) is 20.3. The van der Waals surface area contributed by atoms with Crippen LogP contribution in [0.25, 0.3) is 0 Å². The van der Waals surface area contributed by atoms with Gasteiger partial charge in [-0.15, -0.1) is 0 Å². The van der Waals surface area contributed by atoms with Crippen LogP contribution in [-0.4, -0.2) is 141 Å². The number of nitrogens with one attached hydrogen (secondary N) is 5. The van der Waals surface area contributed by atoms with Crippen molar-refractivity contribution in [3.8, 4) is 0 Å². The molecule has 3 aliphatic heterocycles. The third-order valence-electron chi connectivity index (χ3n) is 14.0. The lowest BCUT2D eigenvalue weighted by atomic mass is 9.79. The lowest BCUT2D eigenvalue weighted by Gasteiger charge is -2.51. The average Bonchev–Trinajstić information content (AvgIpc) is 3.84. The molecule has 2 aromatic carbocycles. The van der Waals surface area contributed by atoms with Gasteiger partial charge in [0.1, 0.15) is 31.3 Å². The highest BCUT2D eigenvalue weighted by atomic mass is 32.2. The van der Waals surface area contributed by atoms with Crippen LogP contribution in [0.5, 0.6) is 0 Å². The molecular weight excluding hydrogens is 979 g/mol. The highest BCUT2D eigenvalue weighted by Crippen LogP contribution is 2.37. The van der Waals surface area contributed by atoms with Gasteiger partial charge in [-0.05, 0) is 102 Å². The number of rotatable bonds is 26. The SMILES string of the molecule is CC(C)C[C@@H](/C=C/[C@H](Cc1ccccc1)C(=O)N1CCC[C@@H]1C(=O)N[C@H](C(=O)N[C@@H](CCCNC(=O)OCc1ccccc1)C(=O)NC1CC(C)(C)N(O)C(C)(C)C1)C(C)C)NC(=O)OCCS(=O)CC1(C)COC1. The zero-order valence-corrected chi connectivity index (χ0v) is 46.5. The molecule has 6 atom stereocenters. The Hall–Kier alpha value is -5.37. The minimum Gasteiger partial charge on any atom is -0.449 e. The standard InChI is InChI=1S/C56H85N7O11S/c1-38(2)30-43(59-53(69)73-28-29-75(71)37-56(9)35-72-36-56)25-24-42(31-40-18-12-10-13-19-40)51(67)62-27-17-23-46(62)49(65)61-47(39(3)4)50(66)60-45(22-16-26-57-52(68)74-34-41-20-14-11-15-21-41)48(64)58-44-32-54(5,6)63(70)55(7,8)33-44/h10-15,18-21,24-25,38-39,42-47,70H,16-17,22-23,26-37H2,1-9H3,(H,57,68)(H,58,64)(H,59,69)(H,60,66)(H,61,65)/b25-24+/t42-,43-,45+,46-,47+,75?/m1/s1. The Kier molecular flexibility index (Phi) is 22.7. The number of likely N-dealkylation sites (tertiary alicyclic amines) is 1. The molecule has 6 N–H and O–H groups in total. The fourth-order valence-electron chi connectivity index (χ4n) is 10.3. The first kappa shape index (κ1) is 60.5. The van der Waals surface area contributed by atoms with Gasteiger partial charge in [0.25, 0.3) is 0 Å². The zero-order valence-electron chi connectivity index (χ0n) is 45.7. The molecule has 416 valence electrons. The van der Waals surface area contributed by atoms with Crippen LogP contribution in [0.2, 0.25) is 0 Å². The average molecular weight is 1060 g/mol. The third kappa shape index (κ3) is 19.0. The summed E-state index contributed by atoms with van der Waals surface area (Å²) in [7, 11) is -1.17. The van der Waals surface area contributed by atoms with Gasteiger partial charge in [0, 0.05) is 52.2 Å². The number of alkyl carbamates (subject to hydrolysis) is 2. The van der Waals surface area contributed by atoms with E-state index in [-0.39, 0.29) is 55.2 Å². The Morgan fingerprint density at radius 1 is 0.827 bits per heavy atom. The van der Waals surface area contributed by atoms with Gasteiger partial charge < -0.3 is 50.9 Å². The van der Waals surface area contributed by atoms with E-state index in [2.05, 4.69) is 26.6 Å². The molecule has 3 heterocycles. The molecule has 0 aliphatic carbocycles. The van der Waals surface area contributed by atoms with Crippen molar-refractivity contribution in [1.82, 2.24) is 36.5 Å². The first-order valence-corrected chi connectivity index (χ1v) is 28.2. The molecule has 6 amide bonds. The predicted octanol–water partition coefficient (Wildman–Crippen LogP) is 6.18. The summed E-state index contributed by atoms with van der Waals surface area (Å²) in [5.41, 5.74) is 0.317. The summed E-state index contributed by atoms with van der Waals surface area (Å²) in [6, 6.07) is 15.0. The maximum Gasteiger partial charge on any atom is 0.407 e. The molecule has 19 heteroatoms. The highest BCUT2D eigenvalue weighted by Gasteiger charge is 2.46. The van der Waals surface area contributed by atoms with Gasteiger partial charge in [0.05, 0.1) is 30.9 Å². The molecule has 2 aromatic rings. The predicted molar refractivity (Wildman–Crippen MR) is 288 cm³/mol. The van der Waals surface area contributed by atoms with Gasteiger partial charge in [-0.2, -0.15) is 5.06 Å². The Labute approximate surface area is 447 Å². The maximum absolute atomic E-state index is 14.7. The highest BCUT2D eigenvalue weighted by molar-refractivity contribution is 7.85. The van der Waals surface area contributed by atoms with Crippen LogP contribution in [0.4, 0.5) is 9.59 Å². The number of carbonyl (C=O) groups is 6. The molecule has 3 fully saturated rings. The topological polar surface area (TPSA) is 234 Å². The summed E-state index contributed by atoms with van der Waals surface area (Å²) in [6.45, 7) is 18.9. The van der Waals surface area contributed by atoms with Crippen LogP contribution >= 0.6 is 0 Å². The summed E-state index contributed by atoms with van der Waals surface area (Å²) in [6.07, 6.45) is 5.50. The summed E-state index contributed by atoms with van der Waals surface area (Å²) in [5.74, 6) is -2.04. The summed E-state index contributed by atoms with van der Waals surface area (Å²) < 4.78 is 28.7. The number of amides is 6.